The van der Waals surface area contributed by atoms with Gasteiger partial charge >= 0.3 is 0 Å². The van der Waals surface area contributed by atoms with Crippen LogP contribution in [-0.4, -0.2) is 51.5 Å². The zero-order chi connectivity index (χ0) is 19.1. The minimum absolute atomic E-state index is 0.635. The number of imidazole rings is 1. The molecule has 1 N–H and O–H groups in total. The number of likely N-dealkylation sites (tertiary alicyclic amines) is 1. The van der Waals surface area contributed by atoms with Gasteiger partial charge in [0.1, 0.15) is 5.82 Å². The number of nitrogens with zero attached hydrogens (tertiary/aromatic N) is 3. The third-order valence-electron chi connectivity index (χ3n) is 7.42. The molecule has 0 radical (unpaired) electrons. The minimum atomic E-state index is 0.635. The molecule has 1 aromatic carbocycles. The summed E-state index contributed by atoms with van der Waals surface area (Å²) in [5.41, 5.74) is 4.19. The highest BCUT2D eigenvalue weighted by Gasteiger charge is 2.53. The van der Waals surface area contributed by atoms with Gasteiger partial charge in [-0.3, -0.25) is 9.80 Å². The summed E-state index contributed by atoms with van der Waals surface area (Å²) in [5.74, 6) is 2.67. The fraction of sp³-hybridized carbons (Fsp3) is 0.625. The summed E-state index contributed by atoms with van der Waals surface area (Å²) in [6.07, 6.45) is 8.35. The maximum absolute atomic E-state index is 4.64. The van der Waals surface area contributed by atoms with Gasteiger partial charge in [0.15, 0.2) is 0 Å². The molecule has 4 nitrogen and oxygen atoms in total. The van der Waals surface area contributed by atoms with Crippen molar-refractivity contribution in [3.63, 3.8) is 0 Å². The van der Waals surface area contributed by atoms with E-state index in [1.807, 2.05) is 0 Å². The molecule has 4 aliphatic heterocycles. The van der Waals surface area contributed by atoms with Gasteiger partial charge in [-0.25, -0.2) is 4.98 Å². The van der Waals surface area contributed by atoms with Crippen LogP contribution in [0.1, 0.15) is 61.2 Å². The molecule has 4 fully saturated rings. The Kier molecular flexibility index (Phi) is 5.02. The SMILES string of the molecule is CCCCc1ncc(CN2C[C@@H](c3ccc(C)cc3)[C@H]3[C@@H]2C2CCN3CC2)[nH]1. The molecule has 0 unspecified atom stereocenters. The van der Waals surface area contributed by atoms with Crippen molar-refractivity contribution < 1.29 is 0 Å². The lowest BCUT2D eigenvalue weighted by Crippen LogP contribution is -2.60. The van der Waals surface area contributed by atoms with Crippen LogP contribution in [-0.2, 0) is 13.0 Å². The fourth-order valence-electron chi connectivity index (χ4n) is 6.01. The average molecular weight is 379 g/mol. The van der Waals surface area contributed by atoms with Gasteiger partial charge in [-0.15, -0.1) is 0 Å². The van der Waals surface area contributed by atoms with Gasteiger partial charge in [0, 0.05) is 49.4 Å². The number of aromatic nitrogens is 2. The second-order valence-corrected chi connectivity index (χ2v) is 9.26. The molecule has 3 atom stereocenters. The predicted molar refractivity (Wildman–Crippen MR) is 113 cm³/mol. The highest BCUT2D eigenvalue weighted by atomic mass is 15.3. The van der Waals surface area contributed by atoms with E-state index in [1.54, 1.807) is 0 Å². The van der Waals surface area contributed by atoms with E-state index in [2.05, 4.69) is 64.1 Å². The number of aromatic amines is 1. The number of H-pyrrole nitrogens is 1. The lowest BCUT2D eigenvalue weighted by molar-refractivity contribution is -0.00895. The molecule has 0 saturated carbocycles. The molecule has 0 amide bonds. The number of benzene rings is 1. The summed E-state index contributed by atoms with van der Waals surface area (Å²) in [4.78, 5) is 13.8. The second kappa shape index (κ2) is 7.64. The van der Waals surface area contributed by atoms with E-state index in [-0.39, 0.29) is 0 Å². The number of aryl methyl sites for hydroxylation is 2. The van der Waals surface area contributed by atoms with Crippen LogP contribution in [0.5, 0.6) is 0 Å². The quantitative estimate of drug-likeness (QED) is 0.821. The van der Waals surface area contributed by atoms with Crippen LogP contribution in [0.25, 0.3) is 0 Å². The first kappa shape index (κ1) is 18.4. The van der Waals surface area contributed by atoms with E-state index in [1.165, 1.54) is 62.1 Å². The van der Waals surface area contributed by atoms with Gasteiger partial charge in [0.25, 0.3) is 0 Å². The highest BCUT2D eigenvalue weighted by molar-refractivity contribution is 5.30. The molecule has 6 rings (SSSR count). The number of unbranched alkanes of at least 4 members (excludes halogenated alkanes) is 1. The van der Waals surface area contributed by atoms with Crippen molar-refractivity contribution in [2.45, 2.75) is 70.5 Å². The van der Waals surface area contributed by atoms with E-state index in [9.17, 15) is 0 Å². The van der Waals surface area contributed by atoms with Gasteiger partial charge in [-0.2, -0.15) is 0 Å². The zero-order valence-electron chi connectivity index (χ0n) is 17.4. The van der Waals surface area contributed by atoms with Crippen molar-refractivity contribution >= 4 is 0 Å². The summed E-state index contributed by atoms with van der Waals surface area (Å²) < 4.78 is 0. The van der Waals surface area contributed by atoms with Crippen molar-refractivity contribution in [3.05, 3.63) is 53.1 Å². The average Bonchev–Trinajstić information content (AvgIpc) is 3.34. The Balaban J connectivity index is 1.39. The number of rotatable bonds is 6. The topological polar surface area (TPSA) is 35.2 Å². The van der Waals surface area contributed by atoms with Gasteiger partial charge in [0.05, 0.1) is 0 Å². The Morgan fingerprint density at radius 3 is 2.64 bits per heavy atom. The smallest absolute Gasteiger partial charge is 0.106 e. The van der Waals surface area contributed by atoms with Gasteiger partial charge in [-0.05, 0) is 50.8 Å². The Hall–Kier alpha value is -1.65. The number of fused-ring (bicyclic) bond motifs is 2. The molecule has 0 aliphatic carbocycles. The summed E-state index contributed by atoms with van der Waals surface area (Å²) >= 11 is 0. The maximum Gasteiger partial charge on any atom is 0.106 e. The van der Waals surface area contributed by atoms with Crippen LogP contribution in [0.2, 0.25) is 0 Å². The van der Waals surface area contributed by atoms with Crippen LogP contribution in [0.15, 0.2) is 30.5 Å². The summed E-state index contributed by atoms with van der Waals surface area (Å²) in [7, 11) is 0. The lowest BCUT2D eigenvalue weighted by atomic mass is 9.75. The number of piperidine rings is 3. The van der Waals surface area contributed by atoms with Crippen molar-refractivity contribution in [2.24, 2.45) is 5.92 Å². The van der Waals surface area contributed by atoms with Crippen LogP contribution in [0.4, 0.5) is 0 Å². The molecule has 4 aliphatic rings. The van der Waals surface area contributed by atoms with Gasteiger partial charge < -0.3 is 4.98 Å². The number of nitrogens with one attached hydrogen (secondary N) is 1. The molecular weight excluding hydrogens is 344 g/mol. The van der Waals surface area contributed by atoms with Crippen LogP contribution >= 0.6 is 0 Å². The molecular formula is C24H34N4. The van der Waals surface area contributed by atoms with Gasteiger partial charge in [-0.1, -0.05) is 43.2 Å². The van der Waals surface area contributed by atoms with E-state index >= 15 is 0 Å². The van der Waals surface area contributed by atoms with Crippen molar-refractivity contribution in [1.82, 2.24) is 19.8 Å². The monoisotopic (exact) mass is 378 g/mol. The maximum atomic E-state index is 4.64. The third-order valence-corrected chi connectivity index (χ3v) is 7.42. The van der Waals surface area contributed by atoms with Crippen molar-refractivity contribution in [2.75, 3.05) is 19.6 Å². The fourth-order valence-corrected chi connectivity index (χ4v) is 6.01. The first-order valence-corrected chi connectivity index (χ1v) is 11.3. The second-order valence-electron chi connectivity index (χ2n) is 9.26. The lowest BCUT2D eigenvalue weighted by Gasteiger charge is -2.51. The molecule has 28 heavy (non-hydrogen) atoms. The Morgan fingerprint density at radius 2 is 1.89 bits per heavy atom. The normalized spacial score (nSPS) is 32.0. The highest BCUT2D eigenvalue weighted by Crippen LogP contribution is 2.46. The van der Waals surface area contributed by atoms with Crippen LogP contribution < -0.4 is 0 Å². The van der Waals surface area contributed by atoms with Gasteiger partial charge in [0.2, 0.25) is 0 Å². The van der Waals surface area contributed by atoms with E-state index in [0.29, 0.717) is 18.0 Å². The molecule has 2 aromatic rings. The summed E-state index contributed by atoms with van der Waals surface area (Å²) in [6.45, 7) is 9.23. The largest absolute Gasteiger partial charge is 0.345 e. The van der Waals surface area contributed by atoms with E-state index in [4.69, 9.17) is 0 Å². The Bertz CT molecular complexity index is 787. The Labute approximate surface area is 169 Å². The standard InChI is InChI=1S/C24H34N4/c1-3-4-5-22-25-14-20(26-22)15-28-16-21(18-8-6-17(2)7-9-18)24-23(28)19-10-12-27(24)13-11-19/h6-9,14,19,21,23-24H,3-5,10-13,15-16H2,1-2H3,(H,25,26)/t21-,23-,24-/m0/s1. The predicted octanol–water partition coefficient (Wildman–Crippen LogP) is 4.12. The zero-order valence-corrected chi connectivity index (χ0v) is 17.4. The van der Waals surface area contributed by atoms with Crippen molar-refractivity contribution in [1.29, 1.82) is 0 Å². The number of hydrogen-bond acceptors (Lipinski definition) is 3. The minimum Gasteiger partial charge on any atom is -0.345 e. The third kappa shape index (κ3) is 3.31. The molecule has 1 aromatic heterocycles. The van der Waals surface area contributed by atoms with Crippen LogP contribution in [0, 0.1) is 12.8 Å². The van der Waals surface area contributed by atoms with Crippen molar-refractivity contribution in [3.8, 4) is 0 Å². The molecule has 2 bridgehead atoms. The molecule has 4 saturated heterocycles. The summed E-state index contributed by atoms with van der Waals surface area (Å²) in [5, 5.41) is 0. The molecule has 4 heteroatoms. The first-order chi connectivity index (χ1) is 13.7. The first-order valence-electron chi connectivity index (χ1n) is 11.3. The molecule has 0 spiro atoms. The molecule has 5 heterocycles. The summed E-state index contributed by atoms with van der Waals surface area (Å²) in [6, 6.07) is 10.7. The van der Waals surface area contributed by atoms with E-state index in [0.717, 1.165) is 24.7 Å². The van der Waals surface area contributed by atoms with Crippen LogP contribution in [0.3, 0.4) is 0 Å². The van der Waals surface area contributed by atoms with E-state index < -0.39 is 0 Å². The Morgan fingerprint density at radius 1 is 1.11 bits per heavy atom. The number of hydrogen-bond donors (Lipinski definition) is 1. The molecule has 150 valence electrons.